The molecule has 2 aromatic carbocycles. The Morgan fingerprint density at radius 3 is 1.46 bits per heavy atom. The number of benzene rings is 2. The van der Waals surface area contributed by atoms with Crippen LogP contribution in [0.4, 0.5) is 17.1 Å². The minimum Gasteiger partial charge on any atom is -0.326 e. The van der Waals surface area contributed by atoms with E-state index in [4.69, 9.17) is 0 Å². The molecule has 0 saturated heterocycles. The van der Waals surface area contributed by atoms with E-state index in [1.807, 2.05) is 0 Å². The van der Waals surface area contributed by atoms with Gasteiger partial charge in [-0.05, 0) is 42.0 Å². The third-order valence-electron chi connectivity index (χ3n) is 3.13. The Balaban J connectivity index is 1.90. The first-order valence-electron chi connectivity index (χ1n) is 7.46. The van der Waals surface area contributed by atoms with Crippen LogP contribution in [0.25, 0.3) is 0 Å². The molecule has 0 spiro atoms. The zero-order valence-electron chi connectivity index (χ0n) is 13.6. The molecule has 0 radical (unpaired) electrons. The fourth-order valence-electron chi connectivity index (χ4n) is 2.14. The van der Waals surface area contributed by atoms with Crippen LogP contribution in [0.1, 0.15) is 19.4 Å². The van der Waals surface area contributed by atoms with Gasteiger partial charge in [0.2, 0.25) is 17.7 Å². The number of rotatable bonds is 5. The highest BCUT2D eigenvalue weighted by Crippen LogP contribution is 2.15. The number of nitrogens with one attached hydrogen (secondary N) is 3. The molecular formula is C18H19N3O3. The van der Waals surface area contributed by atoms with E-state index in [0.717, 1.165) is 5.56 Å². The lowest BCUT2D eigenvalue weighted by Gasteiger charge is -2.08. The number of hydrogen-bond donors (Lipinski definition) is 3. The van der Waals surface area contributed by atoms with E-state index in [1.165, 1.54) is 13.8 Å². The highest BCUT2D eigenvalue weighted by molar-refractivity contribution is 5.93. The molecule has 0 bridgehead atoms. The molecule has 2 rings (SSSR count). The predicted molar refractivity (Wildman–Crippen MR) is 93.8 cm³/mol. The summed E-state index contributed by atoms with van der Waals surface area (Å²) in [5, 5.41) is 8.13. The Bertz CT molecular complexity index is 674. The van der Waals surface area contributed by atoms with Crippen molar-refractivity contribution >= 4 is 34.8 Å². The minimum atomic E-state index is -0.144. The van der Waals surface area contributed by atoms with Gasteiger partial charge in [-0.2, -0.15) is 0 Å². The van der Waals surface area contributed by atoms with Crippen molar-refractivity contribution in [3.8, 4) is 0 Å². The lowest BCUT2D eigenvalue weighted by atomic mass is 10.1. The van der Waals surface area contributed by atoms with Gasteiger partial charge in [0.05, 0.1) is 6.42 Å². The van der Waals surface area contributed by atoms with Gasteiger partial charge in [0, 0.05) is 30.9 Å². The van der Waals surface area contributed by atoms with E-state index in [0.29, 0.717) is 17.1 Å². The summed E-state index contributed by atoms with van der Waals surface area (Å²) < 4.78 is 0. The first kappa shape index (κ1) is 17.2. The van der Waals surface area contributed by atoms with Crippen molar-refractivity contribution in [2.24, 2.45) is 0 Å². The normalized spacial score (nSPS) is 9.92. The van der Waals surface area contributed by atoms with Crippen LogP contribution in [0.15, 0.2) is 48.5 Å². The number of carbonyl (C=O) groups is 3. The van der Waals surface area contributed by atoms with Crippen LogP contribution in [0.2, 0.25) is 0 Å². The maximum atomic E-state index is 12.1. The zero-order valence-corrected chi connectivity index (χ0v) is 13.6. The van der Waals surface area contributed by atoms with E-state index < -0.39 is 0 Å². The van der Waals surface area contributed by atoms with Gasteiger partial charge in [-0.25, -0.2) is 0 Å². The Morgan fingerprint density at radius 2 is 1.04 bits per heavy atom. The Hall–Kier alpha value is -3.15. The van der Waals surface area contributed by atoms with E-state index in [2.05, 4.69) is 16.0 Å². The monoisotopic (exact) mass is 325 g/mol. The quantitative estimate of drug-likeness (QED) is 0.790. The third-order valence-corrected chi connectivity index (χ3v) is 3.13. The summed E-state index contributed by atoms with van der Waals surface area (Å²) in [6.07, 6.45) is 0.230. The standard InChI is InChI=1S/C18H19N3O3/c1-12(22)19-15-5-3-14(4-6-15)11-18(24)21-17-9-7-16(8-10-17)20-13(2)23/h3-10H,11H2,1-2H3,(H,19,22)(H,20,23)(H,21,24). The average molecular weight is 325 g/mol. The molecule has 0 atom stereocenters. The molecule has 0 aliphatic rings. The highest BCUT2D eigenvalue weighted by atomic mass is 16.2. The van der Waals surface area contributed by atoms with Gasteiger partial charge in [-0.3, -0.25) is 14.4 Å². The van der Waals surface area contributed by atoms with Crippen molar-refractivity contribution in [3.05, 3.63) is 54.1 Å². The van der Waals surface area contributed by atoms with Crippen molar-refractivity contribution in [2.75, 3.05) is 16.0 Å². The van der Waals surface area contributed by atoms with Gasteiger partial charge in [-0.1, -0.05) is 12.1 Å². The molecule has 124 valence electrons. The lowest BCUT2D eigenvalue weighted by Crippen LogP contribution is -2.14. The summed E-state index contributed by atoms with van der Waals surface area (Å²) in [4.78, 5) is 34.0. The maximum absolute atomic E-state index is 12.1. The molecule has 0 aliphatic carbocycles. The fourth-order valence-corrected chi connectivity index (χ4v) is 2.14. The van der Waals surface area contributed by atoms with Crippen molar-refractivity contribution < 1.29 is 14.4 Å². The number of amides is 3. The third kappa shape index (κ3) is 5.57. The van der Waals surface area contributed by atoms with Gasteiger partial charge in [0.15, 0.2) is 0 Å². The van der Waals surface area contributed by atoms with Crippen LogP contribution in [0.5, 0.6) is 0 Å². The van der Waals surface area contributed by atoms with Gasteiger partial charge in [0.25, 0.3) is 0 Å². The van der Waals surface area contributed by atoms with Crippen LogP contribution >= 0.6 is 0 Å². The first-order valence-corrected chi connectivity index (χ1v) is 7.46. The van der Waals surface area contributed by atoms with Crippen molar-refractivity contribution in [1.29, 1.82) is 0 Å². The summed E-state index contributed by atoms with van der Waals surface area (Å²) in [5.41, 5.74) is 2.87. The summed E-state index contributed by atoms with van der Waals surface area (Å²) in [7, 11) is 0. The second-order valence-electron chi connectivity index (χ2n) is 5.36. The maximum Gasteiger partial charge on any atom is 0.228 e. The summed E-state index contributed by atoms with van der Waals surface area (Å²) in [6.45, 7) is 2.88. The first-order chi connectivity index (χ1) is 11.4. The van der Waals surface area contributed by atoms with Gasteiger partial charge in [-0.15, -0.1) is 0 Å². The van der Waals surface area contributed by atoms with E-state index in [9.17, 15) is 14.4 Å². The predicted octanol–water partition coefficient (Wildman–Crippen LogP) is 2.78. The highest BCUT2D eigenvalue weighted by Gasteiger charge is 2.05. The second-order valence-corrected chi connectivity index (χ2v) is 5.36. The number of anilines is 3. The molecular weight excluding hydrogens is 306 g/mol. The average Bonchev–Trinajstić information content (AvgIpc) is 2.50. The number of carbonyl (C=O) groups excluding carboxylic acids is 3. The van der Waals surface area contributed by atoms with E-state index in [1.54, 1.807) is 48.5 Å². The smallest absolute Gasteiger partial charge is 0.228 e. The molecule has 0 aromatic heterocycles. The molecule has 0 fully saturated rings. The molecule has 3 N–H and O–H groups in total. The summed E-state index contributed by atoms with van der Waals surface area (Å²) in [6, 6.07) is 14.0. The molecule has 6 heteroatoms. The topological polar surface area (TPSA) is 87.3 Å². The number of hydrogen-bond acceptors (Lipinski definition) is 3. The minimum absolute atomic E-state index is 0.136. The van der Waals surface area contributed by atoms with Crippen LogP contribution in [-0.2, 0) is 20.8 Å². The van der Waals surface area contributed by atoms with Crippen molar-refractivity contribution in [3.63, 3.8) is 0 Å². The fraction of sp³-hybridized carbons (Fsp3) is 0.167. The van der Waals surface area contributed by atoms with Gasteiger partial charge >= 0.3 is 0 Å². The molecule has 0 unspecified atom stereocenters. The van der Waals surface area contributed by atoms with Gasteiger partial charge in [0.1, 0.15) is 0 Å². The lowest BCUT2D eigenvalue weighted by molar-refractivity contribution is -0.116. The van der Waals surface area contributed by atoms with E-state index >= 15 is 0 Å². The molecule has 24 heavy (non-hydrogen) atoms. The molecule has 0 saturated carbocycles. The molecule has 3 amide bonds. The SMILES string of the molecule is CC(=O)Nc1ccc(CC(=O)Nc2ccc(NC(C)=O)cc2)cc1. The Morgan fingerprint density at radius 1 is 0.667 bits per heavy atom. The van der Waals surface area contributed by atoms with Crippen LogP contribution in [-0.4, -0.2) is 17.7 Å². The van der Waals surface area contributed by atoms with Crippen LogP contribution < -0.4 is 16.0 Å². The Kier molecular flexibility index (Phi) is 5.68. The van der Waals surface area contributed by atoms with Gasteiger partial charge < -0.3 is 16.0 Å². The summed E-state index contributed by atoms with van der Waals surface area (Å²) in [5.74, 6) is -0.424. The molecule has 2 aromatic rings. The molecule has 0 heterocycles. The second kappa shape index (κ2) is 7.92. The Labute approximate surface area is 140 Å². The zero-order chi connectivity index (χ0) is 17.5. The molecule has 6 nitrogen and oxygen atoms in total. The van der Waals surface area contributed by atoms with Crippen molar-refractivity contribution in [1.82, 2.24) is 0 Å². The summed E-state index contributed by atoms with van der Waals surface area (Å²) >= 11 is 0. The molecule has 0 aliphatic heterocycles. The van der Waals surface area contributed by atoms with E-state index in [-0.39, 0.29) is 24.1 Å². The largest absolute Gasteiger partial charge is 0.326 e. The van der Waals surface area contributed by atoms with Crippen LogP contribution in [0, 0.1) is 0 Å². The van der Waals surface area contributed by atoms with Crippen LogP contribution in [0.3, 0.4) is 0 Å². The van der Waals surface area contributed by atoms with Crippen molar-refractivity contribution in [2.45, 2.75) is 20.3 Å².